The molecule has 0 bridgehead atoms. The molecular weight excluding hydrogens is 257 g/mol. The molecule has 1 saturated carbocycles. The summed E-state index contributed by atoms with van der Waals surface area (Å²) in [5.74, 6) is -0.746. The molecule has 3 unspecified atom stereocenters. The minimum absolute atomic E-state index is 0.179. The van der Waals surface area contributed by atoms with E-state index in [9.17, 15) is 14.0 Å². The third-order valence-electron chi connectivity index (χ3n) is 5.05. The number of halogens is 1. The lowest BCUT2D eigenvalue weighted by atomic mass is 9.62. The van der Waals surface area contributed by atoms with Gasteiger partial charge in [-0.25, -0.2) is 4.39 Å². The van der Waals surface area contributed by atoms with Crippen LogP contribution in [0.3, 0.4) is 0 Å². The largest absolute Gasteiger partial charge is 0.296 e. The fourth-order valence-corrected chi connectivity index (χ4v) is 4.02. The van der Waals surface area contributed by atoms with Crippen LogP contribution >= 0.6 is 0 Å². The molecule has 2 fully saturated rings. The number of amides is 2. The van der Waals surface area contributed by atoms with Crippen molar-refractivity contribution in [3.05, 3.63) is 35.6 Å². The van der Waals surface area contributed by atoms with Crippen molar-refractivity contribution < 1.29 is 14.0 Å². The second kappa shape index (κ2) is 4.69. The molecule has 1 saturated heterocycles. The average Bonchev–Trinajstić information content (AvgIpc) is 2.72. The van der Waals surface area contributed by atoms with Gasteiger partial charge in [-0.2, -0.15) is 0 Å². The fraction of sp³-hybridized carbons (Fsp3) is 0.500. The summed E-state index contributed by atoms with van der Waals surface area (Å²) in [6.45, 7) is 2.12. The maximum atomic E-state index is 13.1. The summed E-state index contributed by atoms with van der Waals surface area (Å²) in [5.41, 5.74) is 0.516. The van der Waals surface area contributed by atoms with Crippen molar-refractivity contribution in [1.82, 2.24) is 5.32 Å². The number of hydrogen-bond acceptors (Lipinski definition) is 2. The van der Waals surface area contributed by atoms with E-state index in [0.717, 1.165) is 24.8 Å². The minimum Gasteiger partial charge on any atom is -0.296 e. The molecule has 3 nitrogen and oxygen atoms in total. The summed E-state index contributed by atoms with van der Waals surface area (Å²) in [7, 11) is 0. The van der Waals surface area contributed by atoms with E-state index in [4.69, 9.17) is 0 Å². The summed E-state index contributed by atoms with van der Waals surface area (Å²) < 4.78 is 13.1. The topological polar surface area (TPSA) is 46.2 Å². The Hall–Kier alpha value is -1.71. The summed E-state index contributed by atoms with van der Waals surface area (Å²) in [5, 5.41) is 2.44. The third kappa shape index (κ3) is 1.94. The Labute approximate surface area is 117 Å². The average molecular weight is 275 g/mol. The molecule has 3 atom stereocenters. The van der Waals surface area contributed by atoms with Gasteiger partial charge >= 0.3 is 0 Å². The highest BCUT2D eigenvalue weighted by atomic mass is 19.1. The highest BCUT2D eigenvalue weighted by molar-refractivity contribution is 6.02. The Bertz CT molecular complexity index is 554. The second-order valence-corrected chi connectivity index (χ2v) is 6.10. The van der Waals surface area contributed by atoms with E-state index < -0.39 is 0 Å². The molecule has 20 heavy (non-hydrogen) atoms. The molecule has 1 aromatic rings. The molecule has 3 rings (SSSR count). The standard InChI is InChI=1S/C16H18FNO2/c1-10-3-2-8-16(10)9-13(19)18-15(20)14(16)11-4-6-12(17)7-5-11/h4-7,10,14H,2-3,8-9H2,1H3,(H,18,19,20). The first kappa shape index (κ1) is 13.3. The normalized spacial score (nSPS) is 33.5. The molecule has 1 aromatic carbocycles. The van der Waals surface area contributed by atoms with Crippen LogP contribution in [0.25, 0.3) is 0 Å². The number of imide groups is 1. The van der Waals surface area contributed by atoms with Crippen molar-refractivity contribution in [1.29, 1.82) is 0 Å². The second-order valence-electron chi connectivity index (χ2n) is 6.10. The Morgan fingerprint density at radius 3 is 2.55 bits per heavy atom. The van der Waals surface area contributed by atoms with E-state index in [2.05, 4.69) is 12.2 Å². The van der Waals surface area contributed by atoms with Crippen molar-refractivity contribution in [3.8, 4) is 0 Å². The van der Waals surface area contributed by atoms with Crippen LogP contribution in [0.4, 0.5) is 4.39 Å². The molecule has 4 heteroatoms. The summed E-state index contributed by atoms with van der Waals surface area (Å²) in [4.78, 5) is 24.2. The van der Waals surface area contributed by atoms with Gasteiger partial charge in [0.2, 0.25) is 11.8 Å². The zero-order chi connectivity index (χ0) is 14.3. The number of benzene rings is 1. The van der Waals surface area contributed by atoms with Gasteiger partial charge in [0.15, 0.2) is 0 Å². The molecule has 2 aliphatic rings. The predicted molar refractivity (Wildman–Crippen MR) is 72.4 cm³/mol. The Balaban J connectivity index is 2.06. The molecule has 1 spiro atoms. The highest BCUT2D eigenvalue weighted by Gasteiger charge is 2.53. The fourth-order valence-electron chi connectivity index (χ4n) is 4.02. The van der Waals surface area contributed by atoms with Crippen LogP contribution in [0.1, 0.15) is 44.1 Å². The quantitative estimate of drug-likeness (QED) is 0.801. The zero-order valence-corrected chi connectivity index (χ0v) is 11.5. The van der Waals surface area contributed by atoms with E-state index in [-0.39, 0.29) is 29.0 Å². The van der Waals surface area contributed by atoms with Crippen molar-refractivity contribution >= 4 is 11.8 Å². The molecule has 0 aromatic heterocycles. The summed E-state index contributed by atoms with van der Waals surface area (Å²) in [6.07, 6.45) is 3.36. The first-order chi connectivity index (χ1) is 9.53. The van der Waals surface area contributed by atoms with Crippen LogP contribution in [-0.4, -0.2) is 11.8 Å². The zero-order valence-electron chi connectivity index (χ0n) is 11.5. The van der Waals surface area contributed by atoms with Gasteiger partial charge in [0.1, 0.15) is 5.82 Å². The monoisotopic (exact) mass is 275 g/mol. The Morgan fingerprint density at radius 2 is 1.95 bits per heavy atom. The van der Waals surface area contributed by atoms with Crippen LogP contribution in [0.5, 0.6) is 0 Å². The van der Waals surface area contributed by atoms with E-state index >= 15 is 0 Å². The molecule has 1 aliphatic carbocycles. The number of carbonyl (C=O) groups excluding carboxylic acids is 2. The van der Waals surface area contributed by atoms with E-state index in [1.807, 2.05) is 0 Å². The van der Waals surface area contributed by atoms with Gasteiger partial charge in [-0.3, -0.25) is 14.9 Å². The highest BCUT2D eigenvalue weighted by Crippen LogP contribution is 2.56. The van der Waals surface area contributed by atoms with Crippen molar-refractivity contribution in [3.63, 3.8) is 0 Å². The number of hydrogen-bond donors (Lipinski definition) is 1. The predicted octanol–water partition coefficient (Wildman–Crippen LogP) is 2.76. The molecule has 1 heterocycles. The summed E-state index contributed by atoms with van der Waals surface area (Å²) in [6, 6.07) is 6.10. The lowest BCUT2D eigenvalue weighted by Gasteiger charge is -2.43. The van der Waals surface area contributed by atoms with E-state index in [1.54, 1.807) is 12.1 Å². The van der Waals surface area contributed by atoms with Crippen LogP contribution in [0, 0.1) is 17.2 Å². The first-order valence-corrected chi connectivity index (χ1v) is 7.12. The van der Waals surface area contributed by atoms with Gasteiger partial charge < -0.3 is 0 Å². The smallest absolute Gasteiger partial charge is 0.234 e. The van der Waals surface area contributed by atoms with Crippen molar-refractivity contribution in [2.45, 2.75) is 38.5 Å². The molecule has 0 radical (unpaired) electrons. The van der Waals surface area contributed by atoms with Crippen LogP contribution in [0.15, 0.2) is 24.3 Å². The van der Waals surface area contributed by atoms with Gasteiger partial charge in [0.25, 0.3) is 0 Å². The number of carbonyl (C=O) groups is 2. The number of piperidine rings is 1. The number of nitrogens with one attached hydrogen (secondary N) is 1. The van der Waals surface area contributed by atoms with Gasteiger partial charge in [0, 0.05) is 6.42 Å². The molecule has 106 valence electrons. The van der Waals surface area contributed by atoms with Crippen molar-refractivity contribution in [2.75, 3.05) is 0 Å². The Morgan fingerprint density at radius 1 is 1.25 bits per heavy atom. The third-order valence-corrected chi connectivity index (χ3v) is 5.05. The summed E-state index contributed by atoms with van der Waals surface area (Å²) >= 11 is 0. The van der Waals surface area contributed by atoms with Gasteiger partial charge in [-0.15, -0.1) is 0 Å². The molecular formula is C16H18FNO2. The maximum Gasteiger partial charge on any atom is 0.234 e. The molecule has 1 N–H and O–H groups in total. The SMILES string of the molecule is CC1CCCC12CC(=O)NC(=O)C2c1ccc(F)cc1. The van der Waals surface area contributed by atoms with Gasteiger partial charge in [0.05, 0.1) is 5.92 Å². The molecule has 2 amide bonds. The van der Waals surface area contributed by atoms with Crippen molar-refractivity contribution in [2.24, 2.45) is 11.3 Å². The van der Waals surface area contributed by atoms with E-state index in [1.165, 1.54) is 12.1 Å². The van der Waals surface area contributed by atoms with Crippen LogP contribution < -0.4 is 5.32 Å². The van der Waals surface area contributed by atoms with E-state index in [0.29, 0.717) is 12.3 Å². The molecule has 1 aliphatic heterocycles. The lowest BCUT2D eigenvalue weighted by molar-refractivity contribution is -0.141. The van der Waals surface area contributed by atoms with Crippen LogP contribution in [0.2, 0.25) is 0 Å². The Kier molecular flexibility index (Phi) is 3.11. The lowest BCUT2D eigenvalue weighted by Crippen LogP contribution is -2.51. The van der Waals surface area contributed by atoms with Gasteiger partial charge in [-0.05, 0) is 35.4 Å². The van der Waals surface area contributed by atoms with Gasteiger partial charge in [-0.1, -0.05) is 31.9 Å². The minimum atomic E-state index is -0.349. The maximum absolute atomic E-state index is 13.1. The number of rotatable bonds is 1. The van der Waals surface area contributed by atoms with Crippen LogP contribution in [-0.2, 0) is 9.59 Å². The first-order valence-electron chi connectivity index (χ1n) is 7.12.